The Kier molecular flexibility index (Phi) is 6.79. The van der Waals surface area contributed by atoms with E-state index in [1.54, 1.807) is 43.3 Å². The Hall–Kier alpha value is -3.68. The summed E-state index contributed by atoms with van der Waals surface area (Å²) in [6, 6.07) is 12.5. The minimum absolute atomic E-state index is 0.00802. The number of benzene rings is 2. The van der Waals surface area contributed by atoms with Crippen LogP contribution in [0.25, 0.3) is 0 Å². The van der Waals surface area contributed by atoms with Gasteiger partial charge in [0.1, 0.15) is 23.9 Å². The Balaban J connectivity index is 1.50. The number of rotatable bonds is 8. The van der Waals surface area contributed by atoms with Crippen LogP contribution in [-0.4, -0.2) is 23.6 Å². The van der Waals surface area contributed by atoms with Gasteiger partial charge in [0.15, 0.2) is 6.61 Å². The fraction of sp³-hybridized carbons (Fsp3) is 0.227. The van der Waals surface area contributed by atoms with E-state index in [0.717, 1.165) is 11.3 Å². The number of amides is 1. The van der Waals surface area contributed by atoms with Crippen molar-refractivity contribution in [3.8, 4) is 5.75 Å². The van der Waals surface area contributed by atoms with Gasteiger partial charge in [-0.05, 0) is 38.1 Å². The quantitative estimate of drug-likeness (QED) is 0.570. The number of hydrogen-bond donors (Lipinski definition) is 1. The molecule has 1 aromatic heterocycles. The van der Waals surface area contributed by atoms with E-state index >= 15 is 0 Å². The summed E-state index contributed by atoms with van der Waals surface area (Å²) < 4.78 is 29.4. The van der Waals surface area contributed by atoms with Crippen LogP contribution in [-0.2, 0) is 22.7 Å². The SMILES string of the molecule is Cc1noc(C)c1COc1cccc(C(=O)OCC(=O)NCc2ccccc2F)c1. The molecule has 0 aliphatic carbocycles. The third-order valence-electron chi connectivity index (χ3n) is 4.40. The Morgan fingerprint density at radius 1 is 1.13 bits per heavy atom. The van der Waals surface area contributed by atoms with Crippen LogP contribution >= 0.6 is 0 Å². The molecule has 156 valence electrons. The molecule has 0 atom stereocenters. The Bertz CT molecular complexity index is 1030. The van der Waals surface area contributed by atoms with Gasteiger partial charge in [0.25, 0.3) is 5.91 Å². The average molecular weight is 412 g/mol. The molecule has 3 aromatic rings. The second-order valence-electron chi connectivity index (χ2n) is 6.56. The number of carbonyl (C=O) groups excluding carboxylic acids is 2. The van der Waals surface area contributed by atoms with Crippen LogP contribution in [0.2, 0.25) is 0 Å². The van der Waals surface area contributed by atoms with Crippen molar-refractivity contribution in [1.82, 2.24) is 10.5 Å². The molecule has 0 unspecified atom stereocenters. The van der Waals surface area contributed by atoms with E-state index in [2.05, 4.69) is 10.5 Å². The molecule has 0 bridgehead atoms. The molecule has 1 amide bonds. The molecule has 0 saturated carbocycles. The lowest BCUT2D eigenvalue weighted by Gasteiger charge is -2.09. The molecule has 1 heterocycles. The van der Waals surface area contributed by atoms with E-state index in [4.69, 9.17) is 14.0 Å². The maximum Gasteiger partial charge on any atom is 0.338 e. The fourth-order valence-electron chi connectivity index (χ4n) is 2.68. The first-order chi connectivity index (χ1) is 14.4. The number of nitrogens with one attached hydrogen (secondary N) is 1. The highest BCUT2D eigenvalue weighted by Crippen LogP contribution is 2.19. The normalized spacial score (nSPS) is 10.5. The molecule has 0 spiro atoms. The van der Waals surface area contributed by atoms with Gasteiger partial charge in [0, 0.05) is 12.1 Å². The second kappa shape index (κ2) is 9.69. The topological polar surface area (TPSA) is 90.7 Å². The maximum absolute atomic E-state index is 13.6. The molecule has 7 nitrogen and oxygen atoms in total. The van der Waals surface area contributed by atoms with Crippen molar-refractivity contribution in [2.75, 3.05) is 6.61 Å². The minimum Gasteiger partial charge on any atom is -0.489 e. The van der Waals surface area contributed by atoms with Crippen LogP contribution in [0.4, 0.5) is 4.39 Å². The van der Waals surface area contributed by atoms with E-state index < -0.39 is 24.3 Å². The molecule has 0 aliphatic rings. The molecular formula is C22H21FN2O5. The summed E-state index contributed by atoms with van der Waals surface area (Å²) in [5.74, 6) is -0.475. The Labute approximate surface area is 172 Å². The molecular weight excluding hydrogens is 391 g/mol. The Morgan fingerprint density at radius 3 is 2.67 bits per heavy atom. The molecule has 0 saturated heterocycles. The van der Waals surface area contributed by atoms with Crippen molar-refractivity contribution >= 4 is 11.9 Å². The average Bonchev–Trinajstić information content (AvgIpc) is 3.07. The molecule has 30 heavy (non-hydrogen) atoms. The Morgan fingerprint density at radius 2 is 1.93 bits per heavy atom. The van der Waals surface area contributed by atoms with Gasteiger partial charge in [0.05, 0.1) is 16.8 Å². The zero-order chi connectivity index (χ0) is 21.5. The predicted molar refractivity (Wildman–Crippen MR) is 105 cm³/mol. The first kappa shape index (κ1) is 21.0. The standard InChI is InChI=1S/C22H21FN2O5/c1-14-19(15(2)30-25-14)12-28-18-8-5-7-16(10-18)22(27)29-13-21(26)24-11-17-6-3-4-9-20(17)23/h3-10H,11-13H2,1-2H3,(H,24,26). The van der Waals surface area contributed by atoms with Gasteiger partial charge in [-0.2, -0.15) is 0 Å². The number of nitrogens with zero attached hydrogens (tertiary/aromatic N) is 1. The van der Waals surface area contributed by atoms with Gasteiger partial charge < -0.3 is 19.3 Å². The van der Waals surface area contributed by atoms with Gasteiger partial charge in [-0.3, -0.25) is 4.79 Å². The lowest BCUT2D eigenvalue weighted by Crippen LogP contribution is -2.28. The fourth-order valence-corrected chi connectivity index (χ4v) is 2.68. The van der Waals surface area contributed by atoms with Crippen LogP contribution in [0, 0.1) is 19.7 Å². The summed E-state index contributed by atoms with van der Waals surface area (Å²) >= 11 is 0. The highest BCUT2D eigenvalue weighted by Gasteiger charge is 2.13. The van der Waals surface area contributed by atoms with Gasteiger partial charge in [-0.15, -0.1) is 0 Å². The number of aromatic nitrogens is 1. The molecule has 3 rings (SSSR count). The number of halogens is 1. The number of carbonyl (C=O) groups is 2. The van der Waals surface area contributed by atoms with E-state index in [0.29, 0.717) is 17.1 Å². The van der Waals surface area contributed by atoms with Crippen LogP contribution in [0.15, 0.2) is 53.1 Å². The highest BCUT2D eigenvalue weighted by atomic mass is 19.1. The largest absolute Gasteiger partial charge is 0.489 e. The first-order valence-electron chi connectivity index (χ1n) is 9.26. The van der Waals surface area contributed by atoms with Gasteiger partial charge in [0.2, 0.25) is 0 Å². The zero-order valence-corrected chi connectivity index (χ0v) is 16.6. The summed E-state index contributed by atoms with van der Waals surface area (Å²) in [5.41, 5.74) is 2.17. The molecule has 2 aromatic carbocycles. The minimum atomic E-state index is -0.668. The molecule has 8 heteroatoms. The van der Waals surface area contributed by atoms with Crippen molar-refractivity contribution in [2.24, 2.45) is 0 Å². The van der Waals surface area contributed by atoms with Crippen LogP contribution in [0.1, 0.15) is 32.9 Å². The second-order valence-corrected chi connectivity index (χ2v) is 6.56. The lowest BCUT2D eigenvalue weighted by atomic mass is 10.2. The first-order valence-corrected chi connectivity index (χ1v) is 9.26. The molecule has 0 radical (unpaired) electrons. The van der Waals surface area contributed by atoms with Crippen molar-refractivity contribution in [3.63, 3.8) is 0 Å². The van der Waals surface area contributed by atoms with Crippen LogP contribution < -0.4 is 10.1 Å². The zero-order valence-electron chi connectivity index (χ0n) is 16.6. The van der Waals surface area contributed by atoms with Gasteiger partial charge in [-0.1, -0.05) is 29.4 Å². The molecule has 0 aliphatic heterocycles. The van der Waals surface area contributed by atoms with E-state index in [9.17, 15) is 14.0 Å². The van der Waals surface area contributed by atoms with E-state index in [1.807, 2.05) is 6.92 Å². The third kappa shape index (κ3) is 5.44. The summed E-state index contributed by atoms with van der Waals surface area (Å²) in [7, 11) is 0. The highest BCUT2D eigenvalue weighted by molar-refractivity contribution is 5.91. The number of esters is 1. The number of ether oxygens (including phenoxy) is 2. The monoisotopic (exact) mass is 412 g/mol. The number of aryl methyl sites for hydroxylation is 2. The third-order valence-corrected chi connectivity index (χ3v) is 4.40. The summed E-state index contributed by atoms with van der Waals surface area (Å²) in [6.45, 7) is 3.40. The van der Waals surface area contributed by atoms with Crippen molar-refractivity contribution in [2.45, 2.75) is 27.0 Å². The van der Waals surface area contributed by atoms with Crippen LogP contribution in [0.3, 0.4) is 0 Å². The van der Waals surface area contributed by atoms with E-state index in [1.165, 1.54) is 12.1 Å². The van der Waals surface area contributed by atoms with Crippen molar-refractivity contribution < 1.29 is 28.0 Å². The van der Waals surface area contributed by atoms with E-state index in [-0.39, 0.29) is 18.7 Å². The summed E-state index contributed by atoms with van der Waals surface area (Å²) in [4.78, 5) is 24.1. The van der Waals surface area contributed by atoms with Crippen LogP contribution in [0.5, 0.6) is 5.75 Å². The number of hydrogen-bond acceptors (Lipinski definition) is 6. The molecule has 1 N–H and O–H groups in total. The summed E-state index contributed by atoms with van der Waals surface area (Å²) in [5, 5.41) is 6.38. The van der Waals surface area contributed by atoms with Gasteiger partial charge >= 0.3 is 5.97 Å². The molecule has 0 fully saturated rings. The predicted octanol–water partition coefficient (Wildman–Crippen LogP) is 3.48. The van der Waals surface area contributed by atoms with Crippen molar-refractivity contribution in [1.29, 1.82) is 0 Å². The maximum atomic E-state index is 13.6. The smallest absolute Gasteiger partial charge is 0.338 e. The van der Waals surface area contributed by atoms with Crippen molar-refractivity contribution in [3.05, 3.63) is 82.5 Å². The summed E-state index contributed by atoms with van der Waals surface area (Å²) in [6.07, 6.45) is 0. The van der Waals surface area contributed by atoms with Gasteiger partial charge in [-0.25, -0.2) is 9.18 Å². The lowest BCUT2D eigenvalue weighted by molar-refractivity contribution is -0.124.